The van der Waals surface area contributed by atoms with Crippen LogP contribution in [0.15, 0.2) is 200 Å². The summed E-state index contributed by atoms with van der Waals surface area (Å²) in [6.07, 6.45) is 0. The first-order chi connectivity index (χ1) is 27.3. The van der Waals surface area contributed by atoms with E-state index >= 15 is 0 Å². The molecule has 2 aliphatic rings. The molecule has 0 radical (unpaired) electrons. The molecule has 0 atom stereocenters. The van der Waals surface area contributed by atoms with Gasteiger partial charge < -0.3 is 0 Å². The van der Waals surface area contributed by atoms with Gasteiger partial charge in [0.05, 0.1) is 5.41 Å². The standard InChI is InChI=1S/C52H33N3/c1-4-16-34(17-5-1)35-18-12-19-36(32-35)37-20-13-21-38(33-37)49-53-50-43-27-11-10-26-41(43)42-28-14-30-45-47(42)48-44(51(54-49)55-50)29-15-31-46(48)52(45,39-22-6-2-7-23-39)40-24-8-3-9-25-40/h1-33H. The van der Waals surface area contributed by atoms with E-state index < -0.39 is 5.41 Å². The summed E-state index contributed by atoms with van der Waals surface area (Å²) < 4.78 is 0. The minimum atomic E-state index is -0.547. The van der Waals surface area contributed by atoms with Crippen molar-refractivity contribution in [1.29, 1.82) is 0 Å². The van der Waals surface area contributed by atoms with Crippen LogP contribution in [0.4, 0.5) is 0 Å². The quantitative estimate of drug-likeness (QED) is 0.179. The Labute approximate surface area is 320 Å². The Kier molecular flexibility index (Phi) is 7.08. The van der Waals surface area contributed by atoms with Crippen LogP contribution < -0.4 is 0 Å². The second-order valence-electron chi connectivity index (χ2n) is 14.3. The normalized spacial score (nSPS) is 12.9. The molecule has 3 nitrogen and oxygen atoms in total. The van der Waals surface area contributed by atoms with Crippen LogP contribution in [0.2, 0.25) is 0 Å². The van der Waals surface area contributed by atoms with Crippen LogP contribution in [0.25, 0.3) is 78.7 Å². The topological polar surface area (TPSA) is 38.7 Å². The molecule has 0 unspecified atom stereocenters. The van der Waals surface area contributed by atoms with Crippen molar-refractivity contribution in [3.8, 4) is 78.7 Å². The average Bonchev–Trinajstić information content (AvgIpc) is 3.59. The molecule has 0 amide bonds. The van der Waals surface area contributed by atoms with Crippen molar-refractivity contribution >= 4 is 0 Å². The van der Waals surface area contributed by atoms with E-state index in [2.05, 4.69) is 200 Å². The lowest BCUT2D eigenvalue weighted by Crippen LogP contribution is -2.28. The fraction of sp³-hybridized carbons (Fsp3) is 0.0192. The third-order valence-corrected chi connectivity index (χ3v) is 11.4. The SMILES string of the molecule is c1ccc(-c2cccc(-c3cccc(-c4nc5nc(n4)-c4cccc6c4-c4c(cccc4C6(c4ccccc4)c4ccccc4)-c4ccccc4-5)c3)c2)cc1. The third-order valence-electron chi connectivity index (χ3n) is 11.4. The molecule has 3 heteroatoms. The lowest BCUT2D eigenvalue weighted by atomic mass is 9.67. The predicted molar refractivity (Wildman–Crippen MR) is 223 cm³/mol. The Bertz CT molecular complexity index is 2880. The molecule has 1 aliphatic heterocycles. The summed E-state index contributed by atoms with van der Waals surface area (Å²) in [4.78, 5) is 15.9. The van der Waals surface area contributed by atoms with Crippen molar-refractivity contribution in [2.75, 3.05) is 0 Å². The molecule has 0 saturated carbocycles. The highest BCUT2D eigenvalue weighted by Crippen LogP contribution is 2.61. The summed E-state index contributed by atoms with van der Waals surface area (Å²) in [5.74, 6) is 1.98. The van der Waals surface area contributed by atoms with Gasteiger partial charge in [0.2, 0.25) is 0 Å². The summed E-state index contributed by atoms with van der Waals surface area (Å²) in [5.41, 5.74) is 16.6. The first-order valence-electron chi connectivity index (χ1n) is 18.8. The summed E-state index contributed by atoms with van der Waals surface area (Å²) in [6.45, 7) is 0. The van der Waals surface area contributed by atoms with Gasteiger partial charge in [-0.15, -0.1) is 0 Å². The fourth-order valence-corrected chi connectivity index (χ4v) is 8.99. The maximum atomic E-state index is 5.34. The monoisotopic (exact) mass is 699 g/mol. The second kappa shape index (κ2) is 12.4. The van der Waals surface area contributed by atoms with Crippen molar-refractivity contribution in [3.63, 3.8) is 0 Å². The smallest absolute Gasteiger partial charge is 0.164 e. The van der Waals surface area contributed by atoms with Gasteiger partial charge in [0.15, 0.2) is 17.5 Å². The minimum Gasteiger partial charge on any atom is -0.208 e. The molecule has 256 valence electrons. The highest BCUT2D eigenvalue weighted by atomic mass is 15.0. The Balaban J connectivity index is 1.17. The van der Waals surface area contributed by atoms with Crippen LogP contribution in [0, 0.1) is 0 Å². The van der Waals surface area contributed by atoms with Gasteiger partial charge >= 0.3 is 0 Å². The first kappa shape index (κ1) is 31.3. The number of benzene rings is 8. The van der Waals surface area contributed by atoms with Crippen molar-refractivity contribution < 1.29 is 0 Å². The summed E-state index contributed by atoms with van der Waals surface area (Å²) in [5, 5.41) is 0. The third kappa shape index (κ3) is 4.80. The van der Waals surface area contributed by atoms with E-state index in [0.717, 1.165) is 33.4 Å². The van der Waals surface area contributed by atoms with Crippen LogP contribution >= 0.6 is 0 Å². The number of aromatic nitrogens is 3. The fourth-order valence-electron chi connectivity index (χ4n) is 8.99. The van der Waals surface area contributed by atoms with Gasteiger partial charge in [0, 0.05) is 16.7 Å². The van der Waals surface area contributed by atoms with Gasteiger partial charge in [-0.25, -0.2) is 15.0 Å². The van der Waals surface area contributed by atoms with E-state index in [1.54, 1.807) is 0 Å². The lowest BCUT2D eigenvalue weighted by molar-refractivity contribution is 0.768. The minimum absolute atomic E-state index is 0.547. The van der Waals surface area contributed by atoms with Gasteiger partial charge in [-0.1, -0.05) is 188 Å². The molecule has 1 aliphatic carbocycles. The molecule has 9 aromatic rings. The molecular weight excluding hydrogens is 667 g/mol. The molecule has 0 spiro atoms. The largest absolute Gasteiger partial charge is 0.208 e. The summed E-state index contributed by atoms with van der Waals surface area (Å²) in [6, 6.07) is 71.8. The van der Waals surface area contributed by atoms with Crippen LogP contribution in [-0.2, 0) is 5.41 Å². The zero-order valence-electron chi connectivity index (χ0n) is 29.9. The molecule has 2 bridgehead atoms. The van der Waals surface area contributed by atoms with Gasteiger partial charge in [0.25, 0.3) is 0 Å². The number of hydrogen-bond donors (Lipinski definition) is 0. The van der Waals surface area contributed by atoms with Crippen LogP contribution in [0.3, 0.4) is 0 Å². The van der Waals surface area contributed by atoms with Gasteiger partial charge in [-0.2, -0.15) is 0 Å². The number of hydrogen-bond acceptors (Lipinski definition) is 3. The molecule has 11 rings (SSSR count). The maximum absolute atomic E-state index is 5.34. The highest BCUT2D eigenvalue weighted by molar-refractivity contribution is 6.03. The molecule has 1 aromatic heterocycles. The van der Waals surface area contributed by atoms with Gasteiger partial charge in [-0.3, -0.25) is 0 Å². The number of fused-ring (bicyclic) bond motifs is 6. The molecule has 2 heterocycles. The molecule has 0 fully saturated rings. The van der Waals surface area contributed by atoms with Gasteiger partial charge in [-0.05, 0) is 78.9 Å². The van der Waals surface area contributed by atoms with Crippen molar-refractivity contribution in [2.45, 2.75) is 5.41 Å². The Morgan fingerprint density at radius 3 is 1.31 bits per heavy atom. The molecule has 55 heavy (non-hydrogen) atoms. The van der Waals surface area contributed by atoms with Crippen molar-refractivity contribution in [2.24, 2.45) is 0 Å². The van der Waals surface area contributed by atoms with E-state index in [1.165, 1.54) is 50.1 Å². The first-order valence-corrected chi connectivity index (χ1v) is 18.8. The van der Waals surface area contributed by atoms with E-state index in [-0.39, 0.29) is 0 Å². The van der Waals surface area contributed by atoms with E-state index in [9.17, 15) is 0 Å². The maximum Gasteiger partial charge on any atom is 0.164 e. The Morgan fingerprint density at radius 1 is 0.273 bits per heavy atom. The lowest BCUT2D eigenvalue weighted by Gasteiger charge is -2.34. The van der Waals surface area contributed by atoms with E-state index in [4.69, 9.17) is 15.0 Å². The zero-order chi connectivity index (χ0) is 36.3. The molecule has 0 N–H and O–H groups in total. The van der Waals surface area contributed by atoms with Crippen LogP contribution in [0.5, 0.6) is 0 Å². The predicted octanol–water partition coefficient (Wildman–Crippen LogP) is 12.6. The Hall–Kier alpha value is -7.23. The second-order valence-corrected chi connectivity index (χ2v) is 14.3. The number of nitrogens with zero attached hydrogens (tertiary/aromatic N) is 3. The van der Waals surface area contributed by atoms with Gasteiger partial charge in [0.1, 0.15) is 0 Å². The molecular formula is C52H33N3. The summed E-state index contributed by atoms with van der Waals surface area (Å²) >= 11 is 0. The van der Waals surface area contributed by atoms with E-state index in [1.807, 2.05) is 0 Å². The Morgan fingerprint density at radius 2 is 0.673 bits per heavy atom. The van der Waals surface area contributed by atoms with Crippen LogP contribution in [-0.4, -0.2) is 15.0 Å². The van der Waals surface area contributed by atoms with E-state index in [0.29, 0.717) is 17.5 Å². The van der Waals surface area contributed by atoms with Crippen LogP contribution in [0.1, 0.15) is 22.3 Å². The number of rotatable bonds is 5. The zero-order valence-corrected chi connectivity index (χ0v) is 29.9. The highest BCUT2D eigenvalue weighted by Gasteiger charge is 2.48. The van der Waals surface area contributed by atoms with Crippen molar-refractivity contribution in [1.82, 2.24) is 15.0 Å². The average molecular weight is 700 g/mol. The molecule has 0 saturated heterocycles. The van der Waals surface area contributed by atoms with Crippen molar-refractivity contribution in [3.05, 3.63) is 222 Å². The summed E-state index contributed by atoms with van der Waals surface area (Å²) in [7, 11) is 0. The molecule has 8 aromatic carbocycles.